The van der Waals surface area contributed by atoms with E-state index in [1.165, 1.54) is 37.0 Å². The van der Waals surface area contributed by atoms with E-state index >= 15 is 0 Å². The Labute approximate surface area is 236 Å². The second-order valence-corrected chi connectivity index (χ2v) is 10.2. The zero-order chi connectivity index (χ0) is 28.8. The quantitative estimate of drug-likeness (QED) is 0.209. The van der Waals surface area contributed by atoms with Gasteiger partial charge in [-0.1, -0.05) is 49.3 Å². The maximum atomic E-state index is 13.8. The minimum absolute atomic E-state index is 0.226. The number of hydrogen-bond donors (Lipinski definition) is 0. The predicted molar refractivity (Wildman–Crippen MR) is 152 cm³/mol. The van der Waals surface area contributed by atoms with Crippen LogP contribution in [-0.2, 0) is 14.3 Å². The summed E-state index contributed by atoms with van der Waals surface area (Å²) in [5.41, 5.74) is 1.77. The molecule has 10 heteroatoms. The molecule has 1 aliphatic rings. The van der Waals surface area contributed by atoms with E-state index in [1.807, 2.05) is 24.3 Å². The average Bonchev–Trinajstić information content (AvgIpc) is 3.24. The first-order valence-electron chi connectivity index (χ1n) is 13.0. The number of fused-ring (bicyclic) bond motifs is 1. The van der Waals surface area contributed by atoms with Gasteiger partial charge in [-0.05, 0) is 54.8 Å². The Morgan fingerprint density at radius 1 is 1.07 bits per heavy atom. The summed E-state index contributed by atoms with van der Waals surface area (Å²) in [4.78, 5) is 43.3. The van der Waals surface area contributed by atoms with Crippen molar-refractivity contribution in [3.63, 3.8) is 0 Å². The molecule has 40 heavy (non-hydrogen) atoms. The molecule has 0 spiro atoms. The lowest BCUT2D eigenvalue weighted by Gasteiger charge is -2.25. The number of carbonyl (C=O) groups is 2. The fourth-order valence-corrected chi connectivity index (χ4v) is 5.50. The van der Waals surface area contributed by atoms with Crippen LogP contribution in [0.3, 0.4) is 0 Å². The molecule has 0 aliphatic carbocycles. The van der Waals surface area contributed by atoms with E-state index in [4.69, 9.17) is 18.9 Å². The van der Waals surface area contributed by atoms with Gasteiger partial charge in [0.15, 0.2) is 16.3 Å². The van der Waals surface area contributed by atoms with Gasteiger partial charge in [-0.2, -0.15) is 0 Å². The molecular weight excluding hydrogens is 532 g/mol. The summed E-state index contributed by atoms with van der Waals surface area (Å²) in [6.45, 7) is 5.82. The first-order valence-corrected chi connectivity index (χ1v) is 13.8. The van der Waals surface area contributed by atoms with Gasteiger partial charge >= 0.3 is 11.9 Å². The van der Waals surface area contributed by atoms with Crippen molar-refractivity contribution in [3.05, 3.63) is 84.5 Å². The summed E-state index contributed by atoms with van der Waals surface area (Å²) in [6, 6.07) is 11.6. The molecule has 0 N–H and O–H groups in total. The molecule has 9 nitrogen and oxygen atoms in total. The summed E-state index contributed by atoms with van der Waals surface area (Å²) < 4.78 is 23.5. The van der Waals surface area contributed by atoms with Crippen LogP contribution in [0.2, 0.25) is 0 Å². The summed E-state index contributed by atoms with van der Waals surface area (Å²) in [7, 11) is 2.73. The van der Waals surface area contributed by atoms with Gasteiger partial charge in [-0.15, -0.1) is 0 Å². The van der Waals surface area contributed by atoms with E-state index in [9.17, 15) is 14.4 Å². The average molecular weight is 565 g/mol. The van der Waals surface area contributed by atoms with Gasteiger partial charge < -0.3 is 18.9 Å². The highest BCUT2D eigenvalue weighted by Gasteiger charge is 2.33. The lowest BCUT2D eigenvalue weighted by atomic mass is 9.95. The normalized spacial score (nSPS) is 14.8. The molecule has 2 heterocycles. The molecule has 0 saturated heterocycles. The van der Waals surface area contributed by atoms with E-state index in [0.29, 0.717) is 27.2 Å². The highest BCUT2D eigenvalue weighted by Crippen LogP contribution is 2.36. The molecule has 3 aromatic rings. The van der Waals surface area contributed by atoms with Gasteiger partial charge in [0.25, 0.3) is 5.56 Å². The number of thiazole rings is 1. The van der Waals surface area contributed by atoms with Crippen LogP contribution in [0.15, 0.2) is 63.5 Å². The first-order chi connectivity index (χ1) is 19.3. The van der Waals surface area contributed by atoms with Crippen LogP contribution in [0.25, 0.3) is 6.08 Å². The molecule has 1 atom stereocenters. The van der Waals surface area contributed by atoms with E-state index in [1.54, 1.807) is 31.2 Å². The van der Waals surface area contributed by atoms with Gasteiger partial charge in [0.05, 0.1) is 42.7 Å². The molecule has 2 aromatic carbocycles. The Morgan fingerprint density at radius 2 is 1.82 bits per heavy atom. The molecule has 210 valence electrons. The number of rotatable bonds is 10. The first kappa shape index (κ1) is 28.8. The number of nitrogens with zero attached hydrogens (tertiary/aromatic N) is 2. The van der Waals surface area contributed by atoms with Crippen molar-refractivity contribution in [3.8, 4) is 17.2 Å². The molecule has 4 rings (SSSR count). The van der Waals surface area contributed by atoms with Gasteiger partial charge in [-0.25, -0.2) is 9.79 Å². The largest absolute Gasteiger partial charge is 0.494 e. The summed E-state index contributed by atoms with van der Waals surface area (Å²) in [5, 5.41) is 0. The second-order valence-electron chi connectivity index (χ2n) is 9.20. The number of ether oxygens (including phenoxy) is 4. The number of esters is 2. The van der Waals surface area contributed by atoms with Crippen LogP contribution in [0.1, 0.15) is 57.2 Å². The van der Waals surface area contributed by atoms with E-state index in [-0.39, 0.29) is 22.6 Å². The molecule has 0 fully saturated rings. The highest BCUT2D eigenvalue weighted by molar-refractivity contribution is 7.07. The zero-order valence-electron chi connectivity index (χ0n) is 23.2. The number of allylic oxidation sites excluding steroid dienone is 1. The Morgan fingerprint density at radius 3 is 2.48 bits per heavy atom. The SMILES string of the molecule is CCCCCOc1ccc(/C=c2\sc3n(c2=O)C(c2ccc(OC(C)=O)c(OC)c2)C(C(=O)OC)=C(C)N=3)cc1. The van der Waals surface area contributed by atoms with Crippen LogP contribution < -0.4 is 29.1 Å². The standard InChI is InChI=1S/C30H32N2O7S/c1-6-7-8-15-38-22-12-9-20(10-13-22)16-25-28(34)32-27(26(29(35)37-5)18(2)31-30(32)40-25)21-11-14-23(39-19(3)33)24(17-21)36-4/h9-14,16-17,27H,6-8,15H2,1-5H3/b25-16-. The number of hydrogen-bond acceptors (Lipinski definition) is 9. The van der Waals surface area contributed by atoms with E-state index in [0.717, 1.165) is 30.6 Å². The molecule has 1 aromatic heterocycles. The van der Waals surface area contributed by atoms with Crippen LogP contribution in [0.4, 0.5) is 0 Å². The number of aromatic nitrogens is 1. The van der Waals surface area contributed by atoms with Crippen LogP contribution in [0.5, 0.6) is 17.2 Å². The third-order valence-electron chi connectivity index (χ3n) is 6.38. The fraction of sp³-hybridized carbons (Fsp3) is 0.333. The molecule has 0 radical (unpaired) electrons. The molecule has 0 bridgehead atoms. The number of benzene rings is 2. The topological polar surface area (TPSA) is 105 Å². The van der Waals surface area contributed by atoms with Gasteiger partial charge in [0.1, 0.15) is 5.75 Å². The van der Waals surface area contributed by atoms with Gasteiger partial charge in [0.2, 0.25) is 0 Å². The summed E-state index contributed by atoms with van der Waals surface area (Å²) in [6.07, 6.45) is 5.06. The van der Waals surface area contributed by atoms with Crippen molar-refractivity contribution < 1.29 is 28.5 Å². The van der Waals surface area contributed by atoms with E-state index in [2.05, 4.69) is 11.9 Å². The van der Waals surface area contributed by atoms with Crippen LogP contribution >= 0.6 is 11.3 Å². The van der Waals surface area contributed by atoms with Gasteiger partial charge in [0, 0.05) is 6.92 Å². The maximum absolute atomic E-state index is 13.8. The van der Waals surface area contributed by atoms with Crippen LogP contribution in [0, 0.1) is 0 Å². The maximum Gasteiger partial charge on any atom is 0.338 e. The van der Waals surface area contributed by atoms with E-state index < -0.39 is 18.0 Å². The Balaban J connectivity index is 1.78. The molecule has 1 unspecified atom stereocenters. The second kappa shape index (κ2) is 12.8. The minimum atomic E-state index is -0.829. The molecule has 1 aliphatic heterocycles. The third kappa shape index (κ3) is 6.17. The lowest BCUT2D eigenvalue weighted by molar-refractivity contribution is -0.136. The summed E-state index contributed by atoms with van der Waals surface area (Å²) in [5.74, 6) is 0.188. The molecular formula is C30H32N2O7S. The minimum Gasteiger partial charge on any atom is -0.494 e. The zero-order valence-corrected chi connectivity index (χ0v) is 24.0. The van der Waals surface area contributed by atoms with Crippen molar-refractivity contribution in [2.45, 2.75) is 46.1 Å². The third-order valence-corrected chi connectivity index (χ3v) is 7.36. The van der Waals surface area contributed by atoms with Crippen molar-refractivity contribution in [2.24, 2.45) is 4.99 Å². The Bertz CT molecular complexity index is 1620. The summed E-state index contributed by atoms with van der Waals surface area (Å²) >= 11 is 1.24. The highest BCUT2D eigenvalue weighted by atomic mass is 32.1. The van der Waals surface area contributed by atoms with Crippen molar-refractivity contribution in [1.29, 1.82) is 0 Å². The molecule has 0 saturated carbocycles. The van der Waals surface area contributed by atoms with Crippen molar-refractivity contribution in [1.82, 2.24) is 4.57 Å². The Hall–Kier alpha value is -4.18. The lowest BCUT2D eigenvalue weighted by Crippen LogP contribution is -2.39. The van der Waals surface area contributed by atoms with Crippen molar-refractivity contribution in [2.75, 3.05) is 20.8 Å². The van der Waals surface area contributed by atoms with Crippen LogP contribution in [-0.4, -0.2) is 37.3 Å². The number of carbonyl (C=O) groups excluding carboxylic acids is 2. The smallest absolute Gasteiger partial charge is 0.338 e. The number of unbranched alkanes of at least 4 members (excludes halogenated alkanes) is 2. The fourth-order valence-electron chi connectivity index (χ4n) is 4.46. The Kier molecular flexibility index (Phi) is 9.21. The predicted octanol–water partition coefficient (Wildman–Crippen LogP) is 3.91. The van der Waals surface area contributed by atoms with Crippen molar-refractivity contribution >= 4 is 29.4 Å². The number of methoxy groups -OCH3 is 2. The monoisotopic (exact) mass is 564 g/mol. The van der Waals surface area contributed by atoms with Gasteiger partial charge in [-0.3, -0.25) is 14.2 Å². The molecule has 0 amide bonds.